The lowest BCUT2D eigenvalue weighted by Crippen LogP contribution is -2.49. The first-order valence-electron chi connectivity index (χ1n) is 8.75. The number of aliphatic hydroxyl groups excluding tert-OH is 1. The van der Waals surface area contributed by atoms with Crippen molar-refractivity contribution in [3.63, 3.8) is 0 Å². The summed E-state index contributed by atoms with van der Waals surface area (Å²) in [7, 11) is 1.91. The molecule has 6 heteroatoms. The van der Waals surface area contributed by atoms with Crippen LogP contribution < -0.4 is 10.5 Å². The molecule has 3 N–H and O–H groups in total. The molecule has 4 atom stereocenters. The highest BCUT2D eigenvalue weighted by Gasteiger charge is 2.44. The molecule has 0 amide bonds. The maximum absolute atomic E-state index is 13.8. The van der Waals surface area contributed by atoms with E-state index in [0.717, 1.165) is 25.1 Å². The van der Waals surface area contributed by atoms with Gasteiger partial charge in [0.25, 0.3) is 0 Å². The molecule has 0 aromatic heterocycles. The Labute approximate surface area is 152 Å². The summed E-state index contributed by atoms with van der Waals surface area (Å²) in [6, 6.07) is 12.6. The molecule has 2 aromatic carbocycles. The Balaban J connectivity index is 1.62. The van der Waals surface area contributed by atoms with Gasteiger partial charge in [0.1, 0.15) is 18.0 Å². The SMILES string of the molecule is CN(CCc1ccccc1)[C@@H]1[C@@H](O)[C@H](Oc2ccc(F)cc2F)C[C@H]1N. The van der Waals surface area contributed by atoms with Crippen molar-refractivity contribution in [3.05, 3.63) is 65.7 Å². The van der Waals surface area contributed by atoms with E-state index in [-0.39, 0.29) is 17.8 Å². The van der Waals surface area contributed by atoms with Gasteiger partial charge in [-0.2, -0.15) is 0 Å². The zero-order valence-electron chi connectivity index (χ0n) is 14.7. The van der Waals surface area contributed by atoms with Crippen LogP contribution in [0, 0.1) is 11.6 Å². The lowest BCUT2D eigenvalue weighted by Gasteiger charge is -2.30. The average molecular weight is 362 g/mol. The Morgan fingerprint density at radius 1 is 1.19 bits per heavy atom. The first-order valence-corrected chi connectivity index (χ1v) is 8.75. The quantitative estimate of drug-likeness (QED) is 0.828. The Morgan fingerprint density at radius 3 is 2.62 bits per heavy atom. The molecule has 1 aliphatic carbocycles. The maximum Gasteiger partial charge on any atom is 0.167 e. The summed E-state index contributed by atoms with van der Waals surface area (Å²) in [6.07, 6.45) is -0.242. The average Bonchev–Trinajstić information content (AvgIpc) is 2.90. The molecule has 0 unspecified atom stereocenters. The molecule has 0 heterocycles. The highest BCUT2D eigenvalue weighted by Crippen LogP contribution is 2.29. The van der Waals surface area contributed by atoms with Gasteiger partial charge in [0, 0.05) is 25.1 Å². The third-order valence-electron chi connectivity index (χ3n) is 4.95. The minimum absolute atomic E-state index is 0.0739. The minimum Gasteiger partial charge on any atom is -0.485 e. The number of nitrogens with two attached hydrogens (primary N) is 1. The van der Waals surface area contributed by atoms with Crippen LogP contribution in [0.2, 0.25) is 0 Å². The van der Waals surface area contributed by atoms with Crippen LogP contribution in [-0.4, -0.2) is 47.9 Å². The number of likely N-dealkylation sites (N-methyl/N-ethyl adjacent to an activating group) is 1. The Morgan fingerprint density at radius 2 is 1.92 bits per heavy atom. The molecular weight excluding hydrogens is 338 g/mol. The van der Waals surface area contributed by atoms with Crippen LogP contribution >= 0.6 is 0 Å². The summed E-state index contributed by atoms with van der Waals surface area (Å²) < 4.78 is 32.4. The van der Waals surface area contributed by atoms with Gasteiger partial charge >= 0.3 is 0 Å². The van der Waals surface area contributed by atoms with Crippen LogP contribution in [-0.2, 0) is 6.42 Å². The largest absolute Gasteiger partial charge is 0.485 e. The summed E-state index contributed by atoms with van der Waals surface area (Å²) >= 11 is 0. The molecule has 0 spiro atoms. The molecule has 0 aliphatic heterocycles. The van der Waals surface area contributed by atoms with Crippen LogP contribution in [0.15, 0.2) is 48.5 Å². The van der Waals surface area contributed by atoms with Crippen molar-refractivity contribution in [2.45, 2.75) is 37.1 Å². The van der Waals surface area contributed by atoms with E-state index >= 15 is 0 Å². The molecule has 0 saturated heterocycles. The van der Waals surface area contributed by atoms with Crippen LogP contribution in [0.3, 0.4) is 0 Å². The van der Waals surface area contributed by atoms with Gasteiger partial charge in [-0.05, 0) is 31.2 Å². The van der Waals surface area contributed by atoms with E-state index in [1.54, 1.807) is 0 Å². The summed E-state index contributed by atoms with van der Waals surface area (Å²) in [5.41, 5.74) is 7.42. The van der Waals surface area contributed by atoms with Crippen LogP contribution in [0.4, 0.5) is 8.78 Å². The van der Waals surface area contributed by atoms with Crippen molar-refractivity contribution in [3.8, 4) is 5.75 Å². The van der Waals surface area contributed by atoms with Gasteiger partial charge in [-0.1, -0.05) is 30.3 Å². The van der Waals surface area contributed by atoms with E-state index in [9.17, 15) is 13.9 Å². The second-order valence-corrected chi connectivity index (χ2v) is 6.83. The van der Waals surface area contributed by atoms with Crippen LogP contribution in [0.5, 0.6) is 5.75 Å². The predicted octanol–water partition coefficient (Wildman–Crippen LogP) is 2.35. The molecule has 0 bridgehead atoms. The summed E-state index contributed by atoms with van der Waals surface area (Å²) in [6.45, 7) is 0.733. The van der Waals surface area contributed by atoms with E-state index in [4.69, 9.17) is 10.5 Å². The van der Waals surface area contributed by atoms with Gasteiger partial charge in [0.15, 0.2) is 11.6 Å². The van der Waals surface area contributed by atoms with Gasteiger partial charge < -0.3 is 15.6 Å². The van der Waals surface area contributed by atoms with Crippen molar-refractivity contribution in [1.29, 1.82) is 0 Å². The lowest BCUT2D eigenvalue weighted by atomic mass is 10.1. The first kappa shape index (κ1) is 18.8. The molecule has 140 valence electrons. The van der Waals surface area contributed by atoms with E-state index in [1.807, 2.05) is 30.1 Å². The third kappa shape index (κ3) is 4.20. The number of halogens is 2. The fraction of sp³-hybridized carbons (Fsp3) is 0.400. The number of hydrogen-bond donors (Lipinski definition) is 2. The monoisotopic (exact) mass is 362 g/mol. The Hall–Kier alpha value is -2.02. The van der Waals surface area contributed by atoms with Crippen molar-refractivity contribution in [1.82, 2.24) is 4.90 Å². The van der Waals surface area contributed by atoms with Gasteiger partial charge in [-0.3, -0.25) is 4.90 Å². The molecule has 1 aliphatic rings. The number of hydrogen-bond acceptors (Lipinski definition) is 4. The number of aliphatic hydroxyl groups is 1. The predicted molar refractivity (Wildman–Crippen MR) is 95.9 cm³/mol. The molecule has 0 radical (unpaired) electrons. The van der Waals surface area contributed by atoms with E-state index in [2.05, 4.69) is 12.1 Å². The fourth-order valence-corrected chi connectivity index (χ4v) is 3.56. The van der Waals surface area contributed by atoms with Crippen molar-refractivity contribution >= 4 is 0 Å². The van der Waals surface area contributed by atoms with Gasteiger partial charge in [-0.25, -0.2) is 8.78 Å². The number of rotatable bonds is 6. The molecule has 2 aromatic rings. The fourth-order valence-electron chi connectivity index (χ4n) is 3.56. The molecular formula is C20H24F2N2O2. The molecule has 26 heavy (non-hydrogen) atoms. The zero-order chi connectivity index (χ0) is 18.7. The number of ether oxygens (including phenoxy) is 1. The summed E-state index contributed by atoms with van der Waals surface area (Å²) in [4.78, 5) is 2.02. The van der Waals surface area contributed by atoms with Gasteiger partial charge in [0.05, 0.1) is 6.04 Å². The first-order chi connectivity index (χ1) is 12.5. The standard InChI is InChI=1S/C20H24F2N2O2/c1-24(10-9-13-5-3-2-4-6-13)19-16(23)12-18(20(19)25)26-17-8-7-14(21)11-15(17)22/h2-8,11,16,18-20,25H,9-10,12,23H2,1H3/t16-,18-,19+,20+/m1/s1. The van der Waals surface area contributed by atoms with Crippen LogP contribution in [0.1, 0.15) is 12.0 Å². The second-order valence-electron chi connectivity index (χ2n) is 6.83. The molecule has 1 fully saturated rings. The highest BCUT2D eigenvalue weighted by molar-refractivity contribution is 5.25. The van der Waals surface area contributed by atoms with Gasteiger partial charge in [-0.15, -0.1) is 0 Å². The van der Waals surface area contributed by atoms with Crippen molar-refractivity contribution in [2.24, 2.45) is 5.73 Å². The van der Waals surface area contributed by atoms with Gasteiger partial charge in [0.2, 0.25) is 0 Å². The van der Waals surface area contributed by atoms with Crippen molar-refractivity contribution in [2.75, 3.05) is 13.6 Å². The number of nitrogens with zero attached hydrogens (tertiary/aromatic N) is 1. The second kappa shape index (κ2) is 8.12. The highest BCUT2D eigenvalue weighted by atomic mass is 19.1. The Bertz CT molecular complexity index is 729. The smallest absolute Gasteiger partial charge is 0.167 e. The minimum atomic E-state index is -0.852. The normalized spacial score (nSPS) is 25.6. The van der Waals surface area contributed by atoms with E-state index < -0.39 is 23.8 Å². The maximum atomic E-state index is 13.8. The lowest BCUT2D eigenvalue weighted by molar-refractivity contribution is 0.0146. The zero-order valence-corrected chi connectivity index (χ0v) is 14.7. The summed E-state index contributed by atoms with van der Waals surface area (Å²) in [5, 5.41) is 10.7. The third-order valence-corrected chi connectivity index (χ3v) is 4.95. The topological polar surface area (TPSA) is 58.7 Å². The molecule has 1 saturated carbocycles. The number of benzene rings is 2. The van der Waals surface area contributed by atoms with Crippen LogP contribution in [0.25, 0.3) is 0 Å². The van der Waals surface area contributed by atoms with E-state index in [0.29, 0.717) is 6.42 Å². The molecule has 4 nitrogen and oxygen atoms in total. The summed E-state index contributed by atoms with van der Waals surface area (Å²) in [5.74, 6) is -1.53. The Kier molecular flexibility index (Phi) is 5.86. The van der Waals surface area contributed by atoms with Crippen molar-refractivity contribution < 1.29 is 18.6 Å². The van der Waals surface area contributed by atoms with E-state index in [1.165, 1.54) is 11.6 Å². The molecule has 3 rings (SSSR count).